The van der Waals surface area contributed by atoms with Gasteiger partial charge in [0, 0.05) is 25.3 Å². The maximum absolute atomic E-state index is 12.2. The molecule has 18 heavy (non-hydrogen) atoms. The fourth-order valence-corrected chi connectivity index (χ4v) is 1.72. The lowest BCUT2D eigenvalue weighted by molar-refractivity contribution is 0.188. The van der Waals surface area contributed by atoms with Crippen molar-refractivity contribution in [1.29, 1.82) is 0 Å². The van der Waals surface area contributed by atoms with E-state index in [1.54, 1.807) is 10.9 Å². The van der Waals surface area contributed by atoms with Gasteiger partial charge >= 0.3 is 6.03 Å². The average Bonchev–Trinajstić information content (AvgIpc) is 2.72. The van der Waals surface area contributed by atoms with Crippen molar-refractivity contribution < 1.29 is 4.79 Å². The summed E-state index contributed by atoms with van der Waals surface area (Å²) in [6.45, 7) is 11.8. The molecular weight excluding hydrogens is 228 g/mol. The first kappa shape index (κ1) is 14.5. The Kier molecular flexibility index (Phi) is 5.19. The maximum atomic E-state index is 12.2. The van der Waals surface area contributed by atoms with Gasteiger partial charge in [0.2, 0.25) is 0 Å². The number of urea groups is 1. The number of aromatic nitrogens is 2. The monoisotopic (exact) mass is 252 g/mol. The number of aryl methyl sites for hydroxylation is 1. The van der Waals surface area contributed by atoms with Crippen LogP contribution in [0.1, 0.15) is 34.6 Å². The summed E-state index contributed by atoms with van der Waals surface area (Å²) in [7, 11) is 0. The Morgan fingerprint density at radius 1 is 1.44 bits per heavy atom. The highest BCUT2D eigenvalue weighted by Gasteiger charge is 2.18. The molecule has 0 atom stereocenters. The molecule has 2 amide bonds. The lowest BCUT2D eigenvalue weighted by atomic mass is 10.2. The topological polar surface area (TPSA) is 50.2 Å². The van der Waals surface area contributed by atoms with Crippen molar-refractivity contribution in [1.82, 2.24) is 14.7 Å². The molecule has 5 heteroatoms. The molecule has 0 radical (unpaired) electrons. The van der Waals surface area contributed by atoms with E-state index >= 15 is 0 Å². The number of hydrogen-bond acceptors (Lipinski definition) is 2. The van der Waals surface area contributed by atoms with Gasteiger partial charge in [-0.1, -0.05) is 13.8 Å². The average molecular weight is 252 g/mol. The van der Waals surface area contributed by atoms with Crippen molar-refractivity contribution >= 4 is 11.7 Å². The van der Waals surface area contributed by atoms with Gasteiger partial charge in [0.05, 0.1) is 11.9 Å². The molecular formula is C13H24N4O. The molecule has 0 unspecified atom stereocenters. The van der Waals surface area contributed by atoms with Crippen molar-refractivity contribution in [3.8, 4) is 0 Å². The fourth-order valence-electron chi connectivity index (χ4n) is 1.72. The van der Waals surface area contributed by atoms with E-state index in [-0.39, 0.29) is 12.1 Å². The van der Waals surface area contributed by atoms with Crippen LogP contribution < -0.4 is 5.32 Å². The molecule has 1 aromatic rings. The van der Waals surface area contributed by atoms with Crippen molar-refractivity contribution in [2.24, 2.45) is 5.92 Å². The summed E-state index contributed by atoms with van der Waals surface area (Å²) in [5, 5.41) is 7.02. The molecule has 0 aromatic carbocycles. The molecule has 0 aliphatic carbocycles. The summed E-state index contributed by atoms with van der Waals surface area (Å²) in [5.41, 5.74) is 0.747. The molecule has 1 rings (SSSR count). The number of nitrogens with one attached hydrogen (secondary N) is 1. The molecule has 1 heterocycles. The van der Waals surface area contributed by atoms with Gasteiger partial charge in [0.1, 0.15) is 0 Å². The summed E-state index contributed by atoms with van der Waals surface area (Å²) in [4.78, 5) is 14.0. The Hall–Kier alpha value is -1.52. The van der Waals surface area contributed by atoms with Gasteiger partial charge in [0.25, 0.3) is 0 Å². The molecule has 5 nitrogen and oxygen atoms in total. The van der Waals surface area contributed by atoms with Crippen LogP contribution in [0.5, 0.6) is 0 Å². The van der Waals surface area contributed by atoms with Crippen LogP contribution in [0, 0.1) is 5.92 Å². The van der Waals surface area contributed by atoms with Gasteiger partial charge in [0.15, 0.2) is 0 Å². The quantitative estimate of drug-likeness (QED) is 0.876. The van der Waals surface area contributed by atoms with Crippen LogP contribution in [0.2, 0.25) is 0 Å². The van der Waals surface area contributed by atoms with Gasteiger partial charge in [-0.25, -0.2) is 4.79 Å². The number of amides is 2. The third kappa shape index (κ3) is 4.05. The second-order valence-electron chi connectivity index (χ2n) is 5.15. The normalized spacial score (nSPS) is 11.1. The number of carbonyl (C=O) groups is 1. The first-order chi connectivity index (χ1) is 8.43. The van der Waals surface area contributed by atoms with E-state index in [4.69, 9.17) is 0 Å². The van der Waals surface area contributed by atoms with Crippen LogP contribution in [0.25, 0.3) is 0 Å². The van der Waals surface area contributed by atoms with Gasteiger partial charge in [-0.15, -0.1) is 0 Å². The van der Waals surface area contributed by atoms with Gasteiger partial charge in [-0.3, -0.25) is 4.68 Å². The van der Waals surface area contributed by atoms with Crippen LogP contribution in [0.15, 0.2) is 12.4 Å². The summed E-state index contributed by atoms with van der Waals surface area (Å²) >= 11 is 0. The standard InChI is InChI=1S/C13H24N4O/c1-6-16-9-12(7-14-16)15-13(18)17(11(4)5)8-10(2)3/h7,9-11H,6,8H2,1-5H3,(H,15,18). The summed E-state index contributed by atoms with van der Waals surface area (Å²) in [6, 6.07) is 0.128. The zero-order valence-electron chi connectivity index (χ0n) is 12.0. The van der Waals surface area contributed by atoms with E-state index < -0.39 is 0 Å². The van der Waals surface area contributed by atoms with Crippen molar-refractivity contribution in [2.45, 2.75) is 47.2 Å². The smallest absolute Gasteiger partial charge is 0.322 e. The Morgan fingerprint density at radius 3 is 2.56 bits per heavy atom. The van der Waals surface area contributed by atoms with E-state index in [1.165, 1.54) is 0 Å². The Balaban J connectivity index is 2.66. The largest absolute Gasteiger partial charge is 0.322 e. The zero-order valence-corrected chi connectivity index (χ0v) is 12.0. The maximum Gasteiger partial charge on any atom is 0.322 e. The highest BCUT2D eigenvalue weighted by atomic mass is 16.2. The second kappa shape index (κ2) is 6.42. The van der Waals surface area contributed by atoms with Crippen LogP contribution in [0.3, 0.4) is 0 Å². The van der Waals surface area contributed by atoms with Crippen molar-refractivity contribution in [3.05, 3.63) is 12.4 Å². The van der Waals surface area contributed by atoms with E-state index in [2.05, 4.69) is 24.3 Å². The van der Waals surface area contributed by atoms with Crippen molar-refractivity contribution in [3.63, 3.8) is 0 Å². The summed E-state index contributed by atoms with van der Waals surface area (Å²) in [6.07, 6.45) is 3.51. The van der Waals surface area contributed by atoms with E-state index in [9.17, 15) is 4.79 Å². The fraction of sp³-hybridized carbons (Fsp3) is 0.692. The van der Waals surface area contributed by atoms with Gasteiger partial charge in [-0.05, 0) is 26.7 Å². The van der Waals surface area contributed by atoms with Crippen LogP contribution in [0.4, 0.5) is 10.5 Å². The minimum atomic E-state index is -0.0608. The number of hydrogen-bond donors (Lipinski definition) is 1. The summed E-state index contributed by atoms with van der Waals surface area (Å²) < 4.78 is 1.79. The molecule has 0 spiro atoms. The molecule has 0 bridgehead atoms. The minimum Gasteiger partial charge on any atom is -0.322 e. The van der Waals surface area contributed by atoms with E-state index in [1.807, 2.05) is 31.9 Å². The predicted molar refractivity (Wildman–Crippen MR) is 73.6 cm³/mol. The second-order valence-corrected chi connectivity index (χ2v) is 5.15. The van der Waals surface area contributed by atoms with Gasteiger partial charge < -0.3 is 10.2 Å². The molecule has 1 N–H and O–H groups in total. The minimum absolute atomic E-state index is 0.0608. The first-order valence-electron chi connectivity index (χ1n) is 6.54. The third-order valence-electron chi connectivity index (χ3n) is 2.65. The number of carbonyl (C=O) groups excluding carboxylic acids is 1. The Labute approximate surface area is 109 Å². The van der Waals surface area contributed by atoms with Gasteiger partial charge in [-0.2, -0.15) is 5.10 Å². The summed E-state index contributed by atoms with van der Waals surface area (Å²) in [5.74, 6) is 0.455. The lowest BCUT2D eigenvalue weighted by Gasteiger charge is -2.28. The highest BCUT2D eigenvalue weighted by molar-refractivity contribution is 5.89. The Morgan fingerprint density at radius 2 is 2.11 bits per heavy atom. The molecule has 0 saturated heterocycles. The van der Waals surface area contributed by atoms with Crippen LogP contribution in [-0.4, -0.2) is 33.3 Å². The molecule has 0 saturated carbocycles. The zero-order chi connectivity index (χ0) is 13.7. The van der Waals surface area contributed by atoms with Crippen molar-refractivity contribution in [2.75, 3.05) is 11.9 Å². The predicted octanol–water partition coefficient (Wildman–Crippen LogP) is 2.80. The van der Waals surface area contributed by atoms with E-state index in [0.29, 0.717) is 5.92 Å². The molecule has 0 aliphatic rings. The molecule has 0 fully saturated rings. The highest BCUT2D eigenvalue weighted by Crippen LogP contribution is 2.10. The number of nitrogens with zero attached hydrogens (tertiary/aromatic N) is 3. The SMILES string of the molecule is CCn1cc(NC(=O)N(CC(C)C)C(C)C)cn1. The molecule has 102 valence electrons. The Bertz CT molecular complexity index is 384. The number of anilines is 1. The molecule has 0 aliphatic heterocycles. The third-order valence-corrected chi connectivity index (χ3v) is 2.65. The molecule has 1 aromatic heterocycles. The number of rotatable bonds is 5. The van der Waals surface area contributed by atoms with Crippen LogP contribution >= 0.6 is 0 Å². The lowest BCUT2D eigenvalue weighted by Crippen LogP contribution is -2.42. The van der Waals surface area contributed by atoms with Crippen LogP contribution in [-0.2, 0) is 6.54 Å². The van der Waals surface area contributed by atoms with E-state index in [0.717, 1.165) is 18.8 Å². The first-order valence-corrected chi connectivity index (χ1v) is 6.54.